The summed E-state index contributed by atoms with van der Waals surface area (Å²) in [7, 11) is 1.50. The Kier molecular flexibility index (Phi) is 13.5. The van der Waals surface area contributed by atoms with Crippen LogP contribution in [0.4, 0.5) is 0 Å². The average molecular weight is 625 g/mol. The molecule has 1 aliphatic heterocycles. The number of amides is 2. The molecule has 0 aliphatic carbocycles. The molecule has 10 heteroatoms. The molecule has 44 heavy (non-hydrogen) atoms. The fraction of sp³-hybridized carbons (Fsp3) is 0.412. The van der Waals surface area contributed by atoms with E-state index in [9.17, 15) is 19.2 Å². The van der Waals surface area contributed by atoms with Crippen molar-refractivity contribution in [1.29, 1.82) is 0 Å². The molecule has 3 rings (SSSR count). The van der Waals surface area contributed by atoms with Crippen molar-refractivity contribution in [3.63, 3.8) is 0 Å². The Balaban J connectivity index is 1.85. The molecule has 2 aromatic rings. The van der Waals surface area contributed by atoms with E-state index in [1.165, 1.54) is 13.2 Å². The highest BCUT2D eigenvalue weighted by atomic mass is 35.5. The van der Waals surface area contributed by atoms with Crippen molar-refractivity contribution in [2.24, 2.45) is 11.8 Å². The second-order valence-electron chi connectivity index (χ2n) is 11.2. The Morgan fingerprint density at radius 3 is 2.48 bits per heavy atom. The molecule has 2 amide bonds. The number of halogens is 1. The van der Waals surface area contributed by atoms with Crippen molar-refractivity contribution in [3.05, 3.63) is 82.9 Å². The lowest BCUT2D eigenvalue weighted by Crippen LogP contribution is -2.49. The van der Waals surface area contributed by atoms with E-state index in [1.54, 1.807) is 31.2 Å². The number of carbonyl (C=O) groups is 4. The van der Waals surface area contributed by atoms with Crippen molar-refractivity contribution in [1.82, 2.24) is 10.6 Å². The van der Waals surface area contributed by atoms with E-state index in [-0.39, 0.29) is 31.7 Å². The summed E-state index contributed by atoms with van der Waals surface area (Å²) in [6, 6.07) is 13.9. The van der Waals surface area contributed by atoms with Crippen LogP contribution in [0.2, 0.25) is 5.02 Å². The standard InChI is InChI=1S/C34H41ClN2O7/c1-22(2)18-30-34(41)43-26(13-8-12-24-10-6-5-7-11-24)14-9-15-31(38)37-28(32(39)36-21-23(3)33(40)44-30)20-25-16-17-29(42-4)27(35)19-25/h5-12,15-17,19,22-23,26,28,30H,13-14,18,20-21H2,1-4H3,(H,36,39)(H,37,38). The molecule has 236 valence electrons. The van der Waals surface area contributed by atoms with Gasteiger partial charge in [-0.25, -0.2) is 4.79 Å². The third kappa shape index (κ3) is 11.2. The molecular weight excluding hydrogens is 584 g/mol. The lowest BCUT2D eigenvalue weighted by molar-refractivity contribution is -0.174. The maximum Gasteiger partial charge on any atom is 0.347 e. The normalized spacial score (nSPS) is 22.3. The van der Waals surface area contributed by atoms with Gasteiger partial charge >= 0.3 is 11.9 Å². The van der Waals surface area contributed by atoms with Gasteiger partial charge in [-0.2, -0.15) is 0 Å². The second kappa shape index (κ2) is 17.3. The van der Waals surface area contributed by atoms with Crippen LogP contribution in [0.3, 0.4) is 0 Å². The van der Waals surface area contributed by atoms with Crippen LogP contribution in [0.25, 0.3) is 6.08 Å². The summed E-state index contributed by atoms with van der Waals surface area (Å²) >= 11 is 6.28. The molecule has 2 N–H and O–H groups in total. The van der Waals surface area contributed by atoms with Gasteiger partial charge in [-0.3, -0.25) is 14.4 Å². The van der Waals surface area contributed by atoms with E-state index in [4.69, 9.17) is 25.8 Å². The zero-order valence-corrected chi connectivity index (χ0v) is 26.3. The van der Waals surface area contributed by atoms with Gasteiger partial charge < -0.3 is 24.8 Å². The number of carbonyl (C=O) groups excluding carboxylic acids is 4. The lowest BCUT2D eigenvalue weighted by atomic mass is 10.0. The number of nitrogens with one attached hydrogen (secondary N) is 2. The third-order valence-electron chi connectivity index (χ3n) is 6.94. The summed E-state index contributed by atoms with van der Waals surface area (Å²) < 4.78 is 16.7. The number of rotatable bonds is 8. The van der Waals surface area contributed by atoms with Gasteiger partial charge in [0.1, 0.15) is 17.9 Å². The van der Waals surface area contributed by atoms with Crippen LogP contribution in [0.15, 0.2) is 66.8 Å². The first-order valence-corrected chi connectivity index (χ1v) is 15.1. The number of hydrogen-bond donors (Lipinski definition) is 2. The highest BCUT2D eigenvalue weighted by molar-refractivity contribution is 6.32. The first kappa shape index (κ1) is 34.4. The molecule has 4 unspecified atom stereocenters. The predicted octanol–water partition coefficient (Wildman–Crippen LogP) is 5.06. The third-order valence-corrected chi connectivity index (χ3v) is 7.24. The lowest BCUT2D eigenvalue weighted by Gasteiger charge is -2.24. The minimum Gasteiger partial charge on any atom is -0.495 e. The summed E-state index contributed by atoms with van der Waals surface area (Å²) in [5.74, 6) is -2.48. The van der Waals surface area contributed by atoms with E-state index >= 15 is 0 Å². The SMILES string of the molecule is COc1ccc(CC2NC(=O)C=CCC(CC=Cc3ccccc3)OC(=O)C(CC(C)C)OC(=O)C(C)CNC2=O)cc1Cl. The largest absolute Gasteiger partial charge is 0.495 e. The van der Waals surface area contributed by atoms with Gasteiger partial charge in [-0.05, 0) is 41.7 Å². The second-order valence-corrected chi connectivity index (χ2v) is 11.6. The first-order chi connectivity index (χ1) is 21.0. The molecule has 0 bridgehead atoms. The number of cyclic esters (lactones) is 2. The topological polar surface area (TPSA) is 120 Å². The summed E-state index contributed by atoms with van der Waals surface area (Å²) in [6.45, 7) is 5.38. The van der Waals surface area contributed by atoms with Gasteiger partial charge in [0.15, 0.2) is 6.10 Å². The smallest absolute Gasteiger partial charge is 0.347 e. The number of methoxy groups -OCH3 is 1. The Labute approximate surface area is 264 Å². The highest BCUT2D eigenvalue weighted by Gasteiger charge is 2.30. The van der Waals surface area contributed by atoms with Crippen LogP contribution in [0.5, 0.6) is 5.75 Å². The molecule has 0 spiro atoms. The van der Waals surface area contributed by atoms with Crippen LogP contribution < -0.4 is 15.4 Å². The van der Waals surface area contributed by atoms with E-state index in [2.05, 4.69) is 10.6 Å². The van der Waals surface area contributed by atoms with Gasteiger partial charge in [-0.15, -0.1) is 0 Å². The number of ether oxygens (including phenoxy) is 3. The fourth-order valence-corrected chi connectivity index (χ4v) is 4.80. The van der Waals surface area contributed by atoms with E-state index < -0.39 is 47.9 Å². The van der Waals surface area contributed by atoms with Crippen molar-refractivity contribution in [2.45, 2.75) is 64.7 Å². The average Bonchev–Trinajstić information content (AvgIpc) is 2.98. The van der Waals surface area contributed by atoms with E-state index in [1.807, 2.05) is 56.3 Å². The zero-order chi connectivity index (χ0) is 32.1. The summed E-state index contributed by atoms with van der Waals surface area (Å²) in [6.07, 6.45) is 6.03. The van der Waals surface area contributed by atoms with Crippen LogP contribution in [-0.4, -0.2) is 55.7 Å². The van der Waals surface area contributed by atoms with Gasteiger partial charge in [-0.1, -0.05) is 87.0 Å². The number of esters is 2. The Hall–Kier alpha value is -4.11. The van der Waals surface area contributed by atoms with Crippen LogP contribution in [0, 0.1) is 11.8 Å². The molecular formula is C34H41ClN2O7. The van der Waals surface area contributed by atoms with E-state index in [0.29, 0.717) is 22.8 Å². The summed E-state index contributed by atoms with van der Waals surface area (Å²) in [5.41, 5.74) is 1.70. The van der Waals surface area contributed by atoms with Crippen LogP contribution in [-0.2, 0) is 35.1 Å². The molecule has 4 atom stereocenters. The van der Waals surface area contributed by atoms with Crippen molar-refractivity contribution in [3.8, 4) is 5.75 Å². The summed E-state index contributed by atoms with van der Waals surface area (Å²) in [5, 5.41) is 5.84. The van der Waals surface area contributed by atoms with Crippen molar-refractivity contribution >= 4 is 41.4 Å². The Morgan fingerprint density at radius 1 is 1.05 bits per heavy atom. The van der Waals surface area contributed by atoms with Crippen molar-refractivity contribution in [2.75, 3.05) is 13.7 Å². The van der Waals surface area contributed by atoms with Gasteiger partial charge in [0.05, 0.1) is 18.1 Å². The Morgan fingerprint density at radius 2 is 1.80 bits per heavy atom. The summed E-state index contributed by atoms with van der Waals surface area (Å²) in [4.78, 5) is 52.4. The number of benzene rings is 2. The maximum absolute atomic E-state index is 13.2. The van der Waals surface area contributed by atoms with E-state index in [0.717, 1.165) is 5.56 Å². The molecule has 1 heterocycles. The quantitative estimate of drug-likeness (QED) is 0.394. The zero-order valence-electron chi connectivity index (χ0n) is 25.6. The van der Waals surface area contributed by atoms with Gasteiger partial charge in [0.2, 0.25) is 11.8 Å². The molecule has 1 aliphatic rings. The molecule has 0 fully saturated rings. The molecule has 0 saturated carbocycles. The molecule has 9 nitrogen and oxygen atoms in total. The highest BCUT2D eigenvalue weighted by Crippen LogP contribution is 2.25. The molecule has 2 aromatic carbocycles. The Bertz CT molecular complexity index is 1340. The van der Waals surface area contributed by atoms with Gasteiger partial charge in [0, 0.05) is 25.8 Å². The van der Waals surface area contributed by atoms with Crippen molar-refractivity contribution < 1.29 is 33.4 Å². The van der Waals surface area contributed by atoms with Crippen LogP contribution >= 0.6 is 11.6 Å². The minimum atomic E-state index is -1.10. The predicted molar refractivity (Wildman–Crippen MR) is 169 cm³/mol. The molecule has 0 radical (unpaired) electrons. The number of hydrogen-bond acceptors (Lipinski definition) is 7. The molecule has 0 saturated heterocycles. The monoisotopic (exact) mass is 624 g/mol. The first-order valence-electron chi connectivity index (χ1n) is 14.8. The molecule has 0 aromatic heterocycles. The maximum atomic E-state index is 13.2. The fourth-order valence-electron chi connectivity index (χ4n) is 4.52. The minimum absolute atomic E-state index is 0.0492. The van der Waals surface area contributed by atoms with Crippen LogP contribution in [0.1, 0.15) is 51.2 Å². The van der Waals surface area contributed by atoms with Gasteiger partial charge in [0.25, 0.3) is 0 Å².